The molecule has 94 valence electrons. The number of carbonyl (C=O) groups excluding carboxylic acids is 1. The molecule has 1 aliphatic rings. The Morgan fingerprint density at radius 1 is 1.56 bits per heavy atom. The number of methoxy groups -OCH3 is 1. The van der Waals surface area contributed by atoms with E-state index >= 15 is 0 Å². The zero-order valence-electron chi connectivity index (χ0n) is 10.6. The Balaban J connectivity index is 2.01. The minimum Gasteiger partial charge on any atom is -0.385 e. The van der Waals surface area contributed by atoms with Crippen LogP contribution in [-0.4, -0.2) is 38.8 Å². The van der Waals surface area contributed by atoms with Crippen LogP contribution in [0.2, 0.25) is 0 Å². The third-order valence-corrected chi connectivity index (χ3v) is 3.18. The highest BCUT2D eigenvalue weighted by atomic mass is 16.5. The Hall–Kier alpha value is -0.610. The minimum absolute atomic E-state index is 0.0874. The lowest BCUT2D eigenvalue weighted by molar-refractivity contribution is -0.122. The van der Waals surface area contributed by atoms with Gasteiger partial charge in [-0.05, 0) is 38.1 Å². The van der Waals surface area contributed by atoms with Crippen molar-refractivity contribution in [1.29, 1.82) is 0 Å². The smallest absolute Gasteiger partial charge is 0.236 e. The van der Waals surface area contributed by atoms with Crippen LogP contribution in [0.15, 0.2) is 0 Å². The second-order valence-electron chi connectivity index (χ2n) is 4.74. The van der Waals surface area contributed by atoms with Crippen LogP contribution in [-0.2, 0) is 9.53 Å². The predicted molar refractivity (Wildman–Crippen MR) is 64.2 cm³/mol. The fourth-order valence-corrected chi connectivity index (χ4v) is 1.69. The molecule has 0 bridgehead atoms. The van der Waals surface area contributed by atoms with Crippen molar-refractivity contribution >= 4 is 5.91 Å². The number of carbonyl (C=O) groups is 1. The van der Waals surface area contributed by atoms with E-state index in [2.05, 4.69) is 17.6 Å². The monoisotopic (exact) mass is 228 g/mol. The van der Waals surface area contributed by atoms with E-state index in [9.17, 15) is 4.79 Å². The van der Waals surface area contributed by atoms with Crippen LogP contribution in [0.4, 0.5) is 0 Å². The van der Waals surface area contributed by atoms with Gasteiger partial charge < -0.3 is 15.4 Å². The summed E-state index contributed by atoms with van der Waals surface area (Å²) in [6.07, 6.45) is 2.17. The van der Waals surface area contributed by atoms with Crippen LogP contribution in [0.5, 0.6) is 0 Å². The first-order valence-electron chi connectivity index (χ1n) is 6.15. The number of hydrogen-bond donors (Lipinski definition) is 2. The maximum absolute atomic E-state index is 11.6. The Kier molecular flexibility index (Phi) is 5.77. The Morgan fingerprint density at radius 3 is 2.81 bits per heavy atom. The molecule has 0 heterocycles. The number of rotatable bonds is 8. The van der Waals surface area contributed by atoms with Crippen LogP contribution in [0, 0.1) is 11.8 Å². The molecule has 1 fully saturated rings. The molecule has 1 aliphatic carbocycles. The second kappa shape index (κ2) is 6.86. The molecule has 0 aliphatic heterocycles. The van der Waals surface area contributed by atoms with E-state index in [1.165, 1.54) is 6.42 Å². The Bertz CT molecular complexity index is 221. The summed E-state index contributed by atoms with van der Waals surface area (Å²) in [5.41, 5.74) is 0. The van der Waals surface area contributed by atoms with Gasteiger partial charge in [-0.2, -0.15) is 0 Å². The van der Waals surface area contributed by atoms with Crippen molar-refractivity contribution in [2.24, 2.45) is 11.8 Å². The fourth-order valence-electron chi connectivity index (χ4n) is 1.69. The highest BCUT2D eigenvalue weighted by Crippen LogP contribution is 2.36. The number of ether oxygens (including phenoxy) is 1. The minimum atomic E-state index is -0.0876. The summed E-state index contributed by atoms with van der Waals surface area (Å²) in [5, 5.41) is 6.16. The third kappa shape index (κ3) is 4.94. The van der Waals surface area contributed by atoms with E-state index in [-0.39, 0.29) is 11.9 Å². The van der Waals surface area contributed by atoms with Crippen LogP contribution in [0.25, 0.3) is 0 Å². The molecule has 1 amide bonds. The van der Waals surface area contributed by atoms with Gasteiger partial charge in [-0.1, -0.05) is 6.92 Å². The van der Waals surface area contributed by atoms with Gasteiger partial charge in [0.15, 0.2) is 0 Å². The van der Waals surface area contributed by atoms with Gasteiger partial charge in [0, 0.05) is 20.3 Å². The molecule has 3 atom stereocenters. The highest BCUT2D eigenvalue weighted by molar-refractivity contribution is 5.81. The molecule has 0 aromatic rings. The molecule has 0 radical (unpaired) electrons. The first-order chi connectivity index (χ1) is 7.65. The molecule has 1 rings (SSSR count). The molecular formula is C12H24N2O2. The largest absolute Gasteiger partial charge is 0.385 e. The average Bonchev–Trinajstić information content (AvgIpc) is 2.97. The maximum atomic E-state index is 11.6. The van der Waals surface area contributed by atoms with Gasteiger partial charge >= 0.3 is 0 Å². The molecule has 16 heavy (non-hydrogen) atoms. The van der Waals surface area contributed by atoms with Crippen molar-refractivity contribution in [2.75, 3.05) is 26.8 Å². The summed E-state index contributed by atoms with van der Waals surface area (Å²) in [5.74, 6) is 1.71. The molecule has 3 unspecified atom stereocenters. The zero-order valence-corrected chi connectivity index (χ0v) is 10.6. The molecule has 0 aromatic carbocycles. The van der Waals surface area contributed by atoms with Crippen molar-refractivity contribution in [1.82, 2.24) is 10.6 Å². The van der Waals surface area contributed by atoms with Gasteiger partial charge in [-0.25, -0.2) is 0 Å². The Labute approximate surface area is 98.1 Å². The molecule has 0 aromatic heterocycles. The molecule has 0 saturated heterocycles. The van der Waals surface area contributed by atoms with E-state index in [0.717, 1.165) is 24.8 Å². The zero-order chi connectivity index (χ0) is 12.0. The molecule has 4 nitrogen and oxygen atoms in total. The SMILES string of the molecule is COCCCNC(=O)C(C)NCC1CC1C. The number of nitrogens with one attached hydrogen (secondary N) is 2. The molecule has 4 heteroatoms. The lowest BCUT2D eigenvalue weighted by atomic mass is 10.2. The van der Waals surface area contributed by atoms with E-state index in [4.69, 9.17) is 4.74 Å². The summed E-state index contributed by atoms with van der Waals surface area (Å²) in [6.45, 7) is 6.52. The molecule has 2 N–H and O–H groups in total. The van der Waals surface area contributed by atoms with Crippen molar-refractivity contribution < 1.29 is 9.53 Å². The van der Waals surface area contributed by atoms with Crippen molar-refractivity contribution in [2.45, 2.75) is 32.7 Å². The summed E-state index contributed by atoms with van der Waals surface area (Å²) >= 11 is 0. The van der Waals surface area contributed by atoms with Crippen molar-refractivity contribution in [3.63, 3.8) is 0 Å². The topological polar surface area (TPSA) is 50.4 Å². The van der Waals surface area contributed by atoms with Crippen molar-refractivity contribution in [3.8, 4) is 0 Å². The van der Waals surface area contributed by atoms with E-state index in [0.29, 0.717) is 13.2 Å². The van der Waals surface area contributed by atoms with Gasteiger partial charge in [0.1, 0.15) is 0 Å². The van der Waals surface area contributed by atoms with Crippen LogP contribution in [0.1, 0.15) is 26.7 Å². The summed E-state index contributed by atoms with van der Waals surface area (Å²) in [7, 11) is 1.67. The van der Waals surface area contributed by atoms with Crippen LogP contribution in [0.3, 0.4) is 0 Å². The van der Waals surface area contributed by atoms with Gasteiger partial charge in [0.05, 0.1) is 6.04 Å². The highest BCUT2D eigenvalue weighted by Gasteiger charge is 2.32. The standard InChI is InChI=1S/C12H24N2O2/c1-9-7-11(9)8-14-10(2)12(15)13-5-4-6-16-3/h9-11,14H,4-8H2,1-3H3,(H,13,15). The fraction of sp³-hybridized carbons (Fsp3) is 0.917. The van der Waals surface area contributed by atoms with Crippen molar-refractivity contribution in [3.05, 3.63) is 0 Å². The first kappa shape index (κ1) is 13.5. The first-order valence-corrected chi connectivity index (χ1v) is 6.15. The third-order valence-electron chi connectivity index (χ3n) is 3.18. The van der Waals surface area contributed by atoms with Gasteiger partial charge in [0.25, 0.3) is 0 Å². The lowest BCUT2D eigenvalue weighted by Crippen LogP contribution is -2.43. The molecular weight excluding hydrogens is 204 g/mol. The summed E-state index contributed by atoms with van der Waals surface area (Å²) < 4.78 is 4.92. The van der Waals surface area contributed by atoms with Gasteiger partial charge in [-0.15, -0.1) is 0 Å². The summed E-state index contributed by atoms with van der Waals surface area (Å²) in [4.78, 5) is 11.6. The van der Waals surface area contributed by atoms with Crippen LogP contribution < -0.4 is 10.6 Å². The molecule has 0 spiro atoms. The summed E-state index contributed by atoms with van der Waals surface area (Å²) in [6, 6.07) is -0.0876. The maximum Gasteiger partial charge on any atom is 0.236 e. The van der Waals surface area contributed by atoms with Gasteiger partial charge in [-0.3, -0.25) is 4.79 Å². The normalized spacial score (nSPS) is 25.2. The second-order valence-corrected chi connectivity index (χ2v) is 4.74. The van der Waals surface area contributed by atoms with Crippen LogP contribution >= 0.6 is 0 Å². The van der Waals surface area contributed by atoms with E-state index < -0.39 is 0 Å². The van der Waals surface area contributed by atoms with Gasteiger partial charge in [0.2, 0.25) is 5.91 Å². The molecule has 1 saturated carbocycles. The average molecular weight is 228 g/mol. The van der Waals surface area contributed by atoms with E-state index in [1.807, 2.05) is 6.92 Å². The lowest BCUT2D eigenvalue weighted by Gasteiger charge is -2.13. The van der Waals surface area contributed by atoms with E-state index in [1.54, 1.807) is 7.11 Å². The number of hydrogen-bond acceptors (Lipinski definition) is 3. The Morgan fingerprint density at radius 2 is 2.25 bits per heavy atom. The number of amides is 1. The predicted octanol–water partition coefficient (Wildman–Crippen LogP) is 0.773. The quantitative estimate of drug-likeness (QED) is 0.603.